The van der Waals surface area contributed by atoms with Gasteiger partial charge in [-0.1, -0.05) is 372 Å². The first-order valence-electron chi connectivity index (χ1n) is 38.5. The van der Waals surface area contributed by atoms with Crippen LogP contribution in [0, 0.1) is 0 Å². The summed E-state index contributed by atoms with van der Waals surface area (Å²) in [6, 6.07) is 0. The summed E-state index contributed by atoms with van der Waals surface area (Å²) in [5, 5.41) is 0. The molecule has 0 aromatic rings. The molecule has 0 radical (unpaired) electrons. The van der Waals surface area contributed by atoms with Gasteiger partial charge in [0.25, 0.3) is 7.82 Å². The molecule has 0 fully saturated rings. The van der Waals surface area contributed by atoms with Crippen molar-refractivity contribution >= 4 is 19.8 Å². The van der Waals surface area contributed by atoms with Crippen LogP contribution in [0.5, 0.6) is 0 Å². The summed E-state index contributed by atoms with van der Waals surface area (Å²) in [7, 11) is 1.19. The largest absolute Gasteiger partial charge is 0.756 e. The summed E-state index contributed by atoms with van der Waals surface area (Å²) in [5.41, 5.74) is 0. The van der Waals surface area contributed by atoms with Gasteiger partial charge in [0, 0.05) is 12.8 Å². The van der Waals surface area contributed by atoms with Gasteiger partial charge in [0.15, 0.2) is 6.10 Å². The van der Waals surface area contributed by atoms with E-state index in [1.165, 1.54) is 334 Å². The summed E-state index contributed by atoms with van der Waals surface area (Å²) in [5.74, 6) is -0.805. The zero-order chi connectivity index (χ0) is 63.4. The molecule has 516 valence electrons. The first-order chi connectivity index (χ1) is 42.5. The van der Waals surface area contributed by atoms with Gasteiger partial charge in [-0.05, 0) is 44.9 Å². The fraction of sp³-hybridized carbons (Fsp3) is 0.922. The SMILES string of the molecule is CCCCCCC/C=C\C/C=C\CCCCCCCCCCCCCCCCCCCCCCCC(=O)OC(COC(=O)CCCCCCCCCCCCCCCCCCCCCCCCCCCCCCCC)COP(=O)([O-])OCC[N+](C)(C)C. The Kier molecular flexibility index (Phi) is 67.7. The number of esters is 2. The standard InChI is InChI=1S/C77H150NO8P/c1-6-8-10-12-14-16-18-20-22-24-26-28-30-32-34-36-38-39-40-42-44-46-48-50-52-54-56-58-60-62-64-66-68-70-77(80)86-75(74-85-87(81,82)84-72-71-78(3,4)5)73-83-76(79)69-67-65-63-61-59-57-55-53-51-49-47-45-43-41-37-35-33-31-29-27-25-23-21-19-17-15-13-11-9-7-2/h18,20,24,26,75H,6-17,19,21-23,25,27-74H2,1-5H3/b20-18-,26-24-. The van der Waals surface area contributed by atoms with E-state index in [1.807, 2.05) is 21.1 Å². The van der Waals surface area contributed by atoms with Gasteiger partial charge >= 0.3 is 11.9 Å². The number of hydrogen-bond acceptors (Lipinski definition) is 8. The average molecular weight is 1250 g/mol. The number of ether oxygens (including phenoxy) is 2. The highest BCUT2D eigenvalue weighted by Crippen LogP contribution is 2.38. The van der Waals surface area contributed by atoms with Gasteiger partial charge in [-0.2, -0.15) is 0 Å². The number of unbranched alkanes of at least 4 members (excludes halogenated alkanes) is 55. The van der Waals surface area contributed by atoms with Gasteiger partial charge < -0.3 is 27.9 Å². The Morgan fingerprint density at radius 1 is 0.356 bits per heavy atom. The topological polar surface area (TPSA) is 111 Å². The maximum absolute atomic E-state index is 12.9. The minimum Gasteiger partial charge on any atom is -0.756 e. The number of hydrogen-bond donors (Lipinski definition) is 0. The van der Waals surface area contributed by atoms with Gasteiger partial charge in [0.05, 0.1) is 27.7 Å². The molecular weight excluding hydrogens is 1100 g/mol. The molecule has 0 saturated carbocycles. The lowest BCUT2D eigenvalue weighted by Crippen LogP contribution is -2.37. The Labute approximate surface area is 542 Å². The van der Waals surface area contributed by atoms with Gasteiger partial charge in [-0.25, -0.2) is 0 Å². The molecule has 0 aromatic carbocycles. The molecule has 9 nitrogen and oxygen atoms in total. The fourth-order valence-electron chi connectivity index (χ4n) is 11.8. The molecule has 0 aliphatic heterocycles. The monoisotopic (exact) mass is 1250 g/mol. The second kappa shape index (κ2) is 68.8. The minimum absolute atomic E-state index is 0.0264. The molecule has 0 saturated heterocycles. The first-order valence-corrected chi connectivity index (χ1v) is 40.0. The summed E-state index contributed by atoms with van der Waals surface area (Å²) < 4.78 is 34.4. The molecule has 0 N–H and O–H groups in total. The zero-order valence-electron chi connectivity index (χ0n) is 59.0. The molecular formula is C77H150NO8P. The third kappa shape index (κ3) is 73.4. The number of nitrogens with zero attached hydrogens (tertiary/aromatic N) is 1. The highest BCUT2D eigenvalue weighted by Gasteiger charge is 2.22. The maximum Gasteiger partial charge on any atom is 0.306 e. The van der Waals surface area contributed by atoms with E-state index in [4.69, 9.17) is 18.5 Å². The van der Waals surface area contributed by atoms with Crippen molar-refractivity contribution in [3.63, 3.8) is 0 Å². The molecule has 2 unspecified atom stereocenters. The number of phosphoric acid groups is 1. The van der Waals surface area contributed by atoms with Crippen molar-refractivity contribution in [3.05, 3.63) is 24.3 Å². The minimum atomic E-state index is -4.64. The van der Waals surface area contributed by atoms with Crippen molar-refractivity contribution in [2.75, 3.05) is 47.5 Å². The molecule has 10 heteroatoms. The van der Waals surface area contributed by atoms with Crippen LogP contribution in [-0.4, -0.2) is 70.0 Å². The van der Waals surface area contributed by atoms with Gasteiger partial charge in [0.2, 0.25) is 0 Å². The highest BCUT2D eigenvalue weighted by atomic mass is 31.2. The number of allylic oxidation sites excluding steroid dienone is 4. The molecule has 87 heavy (non-hydrogen) atoms. The van der Waals surface area contributed by atoms with E-state index < -0.39 is 26.5 Å². The number of carbonyl (C=O) groups is 2. The Bertz CT molecular complexity index is 1510. The molecule has 0 amide bonds. The van der Waals surface area contributed by atoms with E-state index in [0.29, 0.717) is 17.4 Å². The van der Waals surface area contributed by atoms with Crippen LogP contribution in [0.2, 0.25) is 0 Å². The molecule has 0 aliphatic carbocycles. The summed E-state index contributed by atoms with van der Waals surface area (Å²) in [6.07, 6.45) is 87.2. The first kappa shape index (κ1) is 85.5. The van der Waals surface area contributed by atoms with Crippen molar-refractivity contribution < 1.29 is 42.1 Å². The normalized spacial score (nSPS) is 13.1. The van der Waals surface area contributed by atoms with Crippen LogP contribution in [0.1, 0.15) is 406 Å². The summed E-state index contributed by atoms with van der Waals surface area (Å²) in [4.78, 5) is 38.1. The van der Waals surface area contributed by atoms with E-state index in [2.05, 4.69) is 38.2 Å². The Morgan fingerprint density at radius 3 is 0.908 bits per heavy atom. The van der Waals surface area contributed by atoms with Crippen LogP contribution >= 0.6 is 7.82 Å². The average Bonchev–Trinajstić information content (AvgIpc) is 3.50. The van der Waals surface area contributed by atoms with E-state index in [9.17, 15) is 19.0 Å². The van der Waals surface area contributed by atoms with Crippen molar-refractivity contribution in [2.45, 2.75) is 412 Å². The van der Waals surface area contributed by atoms with Crippen LogP contribution in [-0.2, 0) is 32.7 Å². The Hall–Kier alpha value is -1.51. The zero-order valence-corrected chi connectivity index (χ0v) is 59.9. The van der Waals surface area contributed by atoms with Crippen molar-refractivity contribution in [1.82, 2.24) is 0 Å². The van der Waals surface area contributed by atoms with Crippen LogP contribution in [0.4, 0.5) is 0 Å². The molecule has 0 heterocycles. The van der Waals surface area contributed by atoms with Gasteiger partial charge in [0.1, 0.15) is 19.8 Å². The van der Waals surface area contributed by atoms with Crippen LogP contribution in [0.3, 0.4) is 0 Å². The lowest BCUT2D eigenvalue weighted by Gasteiger charge is -2.28. The van der Waals surface area contributed by atoms with Crippen LogP contribution in [0.15, 0.2) is 24.3 Å². The van der Waals surface area contributed by atoms with E-state index in [-0.39, 0.29) is 32.0 Å². The second-order valence-corrected chi connectivity index (χ2v) is 29.1. The Balaban J connectivity index is 3.93. The predicted molar refractivity (Wildman–Crippen MR) is 375 cm³/mol. The van der Waals surface area contributed by atoms with E-state index in [1.54, 1.807) is 0 Å². The number of rotatable bonds is 73. The quantitative estimate of drug-likeness (QED) is 0.0195. The second-order valence-electron chi connectivity index (χ2n) is 27.7. The summed E-state index contributed by atoms with van der Waals surface area (Å²) >= 11 is 0. The van der Waals surface area contributed by atoms with Crippen molar-refractivity contribution in [2.24, 2.45) is 0 Å². The number of carbonyl (C=O) groups excluding carboxylic acids is 2. The lowest BCUT2D eigenvalue weighted by molar-refractivity contribution is -0.870. The molecule has 0 rings (SSSR count). The third-order valence-electron chi connectivity index (χ3n) is 17.7. The molecule has 0 spiro atoms. The highest BCUT2D eigenvalue weighted by molar-refractivity contribution is 7.45. The number of phosphoric ester groups is 1. The summed E-state index contributed by atoms with van der Waals surface area (Å²) in [6.45, 7) is 4.32. The number of likely N-dealkylation sites (N-methyl/N-ethyl adjacent to an activating group) is 1. The van der Waals surface area contributed by atoms with Crippen LogP contribution < -0.4 is 4.89 Å². The Morgan fingerprint density at radius 2 is 0.621 bits per heavy atom. The number of quaternary nitrogens is 1. The fourth-order valence-corrected chi connectivity index (χ4v) is 12.5. The molecule has 0 aromatic heterocycles. The molecule has 0 bridgehead atoms. The van der Waals surface area contributed by atoms with Crippen LogP contribution in [0.25, 0.3) is 0 Å². The predicted octanol–water partition coefficient (Wildman–Crippen LogP) is 24.6. The van der Waals surface area contributed by atoms with Gasteiger partial charge in [-0.15, -0.1) is 0 Å². The van der Waals surface area contributed by atoms with Crippen molar-refractivity contribution in [1.29, 1.82) is 0 Å². The molecule has 0 aliphatic rings. The smallest absolute Gasteiger partial charge is 0.306 e. The van der Waals surface area contributed by atoms with E-state index in [0.717, 1.165) is 38.5 Å². The van der Waals surface area contributed by atoms with E-state index >= 15 is 0 Å². The maximum atomic E-state index is 12.9. The third-order valence-corrected chi connectivity index (χ3v) is 18.7. The lowest BCUT2D eigenvalue weighted by atomic mass is 10.0. The molecule has 2 atom stereocenters. The van der Waals surface area contributed by atoms with Crippen molar-refractivity contribution in [3.8, 4) is 0 Å². The van der Waals surface area contributed by atoms with Gasteiger partial charge in [-0.3, -0.25) is 14.2 Å².